The van der Waals surface area contributed by atoms with Crippen LogP contribution >= 0.6 is 0 Å². The molecule has 0 bridgehead atoms. The van der Waals surface area contributed by atoms with Gasteiger partial charge < -0.3 is 16.0 Å². The fourth-order valence-corrected chi connectivity index (χ4v) is 1.84. The maximum Gasteiger partial charge on any atom is 0.222 e. The van der Waals surface area contributed by atoms with Gasteiger partial charge in [-0.2, -0.15) is 0 Å². The van der Waals surface area contributed by atoms with Gasteiger partial charge in [-0.1, -0.05) is 0 Å². The molecule has 2 heterocycles. The predicted molar refractivity (Wildman–Crippen MR) is 66.0 cm³/mol. The maximum absolute atomic E-state index is 11.1. The highest BCUT2D eigenvalue weighted by Gasteiger charge is 2.22. The van der Waals surface area contributed by atoms with E-state index in [1.165, 1.54) is 6.33 Å². The molecule has 6 nitrogen and oxygen atoms in total. The van der Waals surface area contributed by atoms with E-state index in [1.807, 2.05) is 13.8 Å². The van der Waals surface area contributed by atoms with Gasteiger partial charge in [-0.15, -0.1) is 0 Å². The van der Waals surface area contributed by atoms with Crippen LogP contribution < -0.4 is 16.0 Å². The molecule has 0 aromatic carbocycles. The zero-order valence-electron chi connectivity index (χ0n) is 10.1. The number of carbonyl (C=O) groups is 1. The molecule has 1 aromatic rings. The third kappa shape index (κ3) is 2.64. The van der Waals surface area contributed by atoms with Gasteiger partial charge in [0.05, 0.1) is 6.04 Å². The van der Waals surface area contributed by atoms with E-state index in [0.29, 0.717) is 13.0 Å². The van der Waals surface area contributed by atoms with Gasteiger partial charge in [-0.25, -0.2) is 9.97 Å². The van der Waals surface area contributed by atoms with E-state index in [-0.39, 0.29) is 11.9 Å². The molecule has 0 aliphatic carbocycles. The highest BCUT2D eigenvalue weighted by Crippen LogP contribution is 2.19. The van der Waals surface area contributed by atoms with E-state index in [1.54, 1.807) is 0 Å². The van der Waals surface area contributed by atoms with Crippen molar-refractivity contribution in [3.05, 3.63) is 11.9 Å². The second-order valence-electron chi connectivity index (χ2n) is 4.08. The number of anilines is 2. The first kappa shape index (κ1) is 11.6. The van der Waals surface area contributed by atoms with Crippen molar-refractivity contribution in [3.63, 3.8) is 0 Å². The average molecular weight is 235 g/mol. The first-order valence-electron chi connectivity index (χ1n) is 5.79. The molecule has 0 saturated carbocycles. The van der Waals surface area contributed by atoms with Gasteiger partial charge in [-0.05, 0) is 13.8 Å². The number of nitrogens with one attached hydrogen (secondary N) is 3. The van der Waals surface area contributed by atoms with Crippen molar-refractivity contribution >= 4 is 17.5 Å². The molecule has 2 rings (SSSR count). The molecular weight excluding hydrogens is 218 g/mol. The van der Waals surface area contributed by atoms with Crippen molar-refractivity contribution in [2.24, 2.45) is 0 Å². The van der Waals surface area contributed by atoms with Crippen LogP contribution in [0.25, 0.3) is 0 Å². The van der Waals surface area contributed by atoms with Crippen molar-refractivity contribution in [3.8, 4) is 0 Å². The first-order valence-corrected chi connectivity index (χ1v) is 5.79. The first-order chi connectivity index (χ1) is 8.20. The maximum atomic E-state index is 11.1. The molecule has 1 amide bonds. The fourth-order valence-electron chi connectivity index (χ4n) is 1.84. The predicted octanol–water partition coefficient (Wildman–Crippen LogP) is 0.517. The second kappa shape index (κ2) is 4.99. The molecule has 0 spiro atoms. The lowest BCUT2D eigenvalue weighted by atomic mass is 10.2. The topological polar surface area (TPSA) is 78.9 Å². The van der Waals surface area contributed by atoms with E-state index in [2.05, 4.69) is 25.9 Å². The summed E-state index contributed by atoms with van der Waals surface area (Å²) in [4.78, 5) is 19.5. The number of rotatable bonds is 4. The Morgan fingerprint density at radius 3 is 2.88 bits per heavy atom. The van der Waals surface area contributed by atoms with Gasteiger partial charge in [-0.3, -0.25) is 4.79 Å². The van der Waals surface area contributed by atoms with Crippen LogP contribution in [0.2, 0.25) is 0 Å². The smallest absolute Gasteiger partial charge is 0.222 e. The van der Waals surface area contributed by atoms with Crippen LogP contribution in [0.4, 0.5) is 11.6 Å². The quantitative estimate of drug-likeness (QED) is 0.709. The molecular formula is C11H17N5O. The Morgan fingerprint density at radius 1 is 1.47 bits per heavy atom. The van der Waals surface area contributed by atoms with Crippen molar-refractivity contribution in [2.75, 3.05) is 23.7 Å². The molecule has 1 fully saturated rings. The zero-order valence-corrected chi connectivity index (χ0v) is 10.1. The van der Waals surface area contributed by atoms with Crippen LogP contribution in [0.1, 0.15) is 18.9 Å². The Hall–Kier alpha value is -1.85. The monoisotopic (exact) mass is 235 g/mol. The number of amides is 1. The van der Waals surface area contributed by atoms with Crippen LogP contribution in [0.15, 0.2) is 6.33 Å². The van der Waals surface area contributed by atoms with Crippen LogP contribution in [-0.4, -0.2) is 35.0 Å². The van der Waals surface area contributed by atoms with Gasteiger partial charge in [0.1, 0.15) is 18.0 Å². The molecule has 1 unspecified atom stereocenters. The minimum atomic E-state index is 0.0844. The Labute approximate surface area is 100 Å². The molecule has 1 aliphatic heterocycles. The highest BCUT2D eigenvalue weighted by molar-refractivity contribution is 5.79. The van der Waals surface area contributed by atoms with Crippen molar-refractivity contribution in [1.82, 2.24) is 15.3 Å². The van der Waals surface area contributed by atoms with Gasteiger partial charge in [0.2, 0.25) is 5.91 Å². The van der Waals surface area contributed by atoms with Crippen molar-refractivity contribution in [2.45, 2.75) is 26.3 Å². The third-order valence-electron chi connectivity index (χ3n) is 2.75. The Bertz CT molecular complexity index is 420. The Kier molecular flexibility index (Phi) is 3.41. The fraction of sp³-hybridized carbons (Fsp3) is 0.545. The van der Waals surface area contributed by atoms with E-state index >= 15 is 0 Å². The standard InChI is InChI=1S/C11H17N5O/c1-3-12-10-7(2)11(15-6-14-10)16-8-4-9(17)13-5-8/h6,8H,3-5H2,1-2H3,(H,13,17)(H2,12,14,15,16). The van der Waals surface area contributed by atoms with Gasteiger partial charge in [0, 0.05) is 25.1 Å². The Balaban J connectivity index is 2.10. The third-order valence-corrected chi connectivity index (χ3v) is 2.75. The van der Waals surface area contributed by atoms with Crippen LogP contribution in [-0.2, 0) is 4.79 Å². The van der Waals surface area contributed by atoms with Gasteiger partial charge in [0.15, 0.2) is 0 Å². The lowest BCUT2D eigenvalue weighted by Crippen LogP contribution is -2.23. The number of hydrogen-bond donors (Lipinski definition) is 3. The molecule has 1 atom stereocenters. The number of nitrogens with zero attached hydrogens (tertiary/aromatic N) is 2. The number of hydrogen-bond acceptors (Lipinski definition) is 5. The van der Waals surface area contributed by atoms with Crippen molar-refractivity contribution < 1.29 is 4.79 Å². The molecule has 1 aliphatic rings. The van der Waals surface area contributed by atoms with Gasteiger partial charge in [0.25, 0.3) is 0 Å². The summed E-state index contributed by atoms with van der Waals surface area (Å²) in [6.07, 6.45) is 2.03. The summed E-state index contributed by atoms with van der Waals surface area (Å²) in [5.74, 6) is 1.71. The lowest BCUT2D eigenvalue weighted by molar-refractivity contribution is -0.119. The van der Waals surface area contributed by atoms with Gasteiger partial charge >= 0.3 is 0 Å². The largest absolute Gasteiger partial charge is 0.370 e. The summed E-state index contributed by atoms with van der Waals surface area (Å²) in [6, 6.07) is 0.116. The molecule has 1 aromatic heterocycles. The number of aromatic nitrogens is 2. The molecule has 17 heavy (non-hydrogen) atoms. The van der Waals surface area contributed by atoms with E-state index < -0.39 is 0 Å². The lowest BCUT2D eigenvalue weighted by Gasteiger charge is -2.15. The van der Waals surface area contributed by atoms with Crippen LogP contribution in [0, 0.1) is 6.92 Å². The summed E-state index contributed by atoms with van der Waals surface area (Å²) >= 11 is 0. The summed E-state index contributed by atoms with van der Waals surface area (Å²) in [6.45, 7) is 5.46. The summed E-state index contributed by atoms with van der Waals surface area (Å²) in [7, 11) is 0. The summed E-state index contributed by atoms with van der Waals surface area (Å²) in [5, 5.41) is 9.23. The highest BCUT2D eigenvalue weighted by atomic mass is 16.1. The number of carbonyl (C=O) groups excluding carboxylic acids is 1. The second-order valence-corrected chi connectivity index (χ2v) is 4.08. The Morgan fingerprint density at radius 2 is 2.24 bits per heavy atom. The minimum Gasteiger partial charge on any atom is -0.370 e. The summed E-state index contributed by atoms with van der Waals surface area (Å²) < 4.78 is 0. The van der Waals surface area contributed by atoms with E-state index in [9.17, 15) is 4.79 Å². The van der Waals surface area contributed by atoms with E-state index in [0.717, 1.165) is 23.7 Å². The minimum absolute atomic E-state index is 0.0844. The van der Waals surface area contributed by atoms with Crippen molar-refractivity contribution in [1.29, 1.82) is 0 Å². The van der Waals surface area contributed by atoms with E-state index in [4.69, 9.17) is 0 Å². The molecule has 6 heteroatoms. The molecule has 92 valence electrons. The van der Waals surface area contributed by atoms with Crippen LogP contribution in [0.3, 0.4) is 0 Å². The van der Waals surface area contributed by atoms with Crippen LogP contribution in [0.5, 0.6) is 0 Å². The molecule has 1 saturated heterocycles. The normalized spacial score (nSPS) is 18.9. The average Bonchev–Trinajstić information content (AvgIpc) is 2.70. The zero-order chi connectivity index (χ0) is 12.3. The molecule has 0 radical (unpaired) electrons. The SMILES string of the molecule is CCNc1ncnc(NC2CNC(=O)C2)c1C. The molecule has 3 N–H and O–H groups in total. The summed E-state index contributed by atoms with van der Waals surface area (Å²) in [5.41, 5.74) is 0.980.